The van der Waals surface area contributed by atoms with Gasteiger partial charge in [-0.15, -0.1) is 0 Å². The van der Waals surface area contributed by atoms with Gasteiger partial charge in [-0.05, 0) is 42.2 Å². The standard InChI is InChI=1S/C17H19ClO/c1-3-4-13-5-7-14(8-6-13)17(2,19)15-9-11-16(18)12-10-15/h5-12,19H,3-4H2,1-2H3. The van der Waals surface area contributed by atoms with Gasteiger partial charge in [-0.25, -0.2) is 0 Å². The lowest BCUT2D eigenvalue weighted by atomic mass is 9.87. The van der Waals surface area contributed by atoms with Crippen molar-refractivity contribution in [2.75, 3.05) is 0 Å². The van der Waals surface area contributed by atoms with Crippen molar-refractivity contribution in [3.8, 4) is 0 Å². The van der Waals surface area contributed by atoms with Gasteiger partial charge in [0.2, 0.25) is 0 Å². The van der Waals surface area contributed by atoms with Crippen LogP contribution in [0.15, 0.2) is 48.5 Å². The second kappa shape index (κ2) is 5.77. The lowest BCUT2D eigenvalue weighted by molar-refractivity contribution is 0.102. The minimum absolute atomic E-state index is 0.679. The third-order valence-corrected chi connectivity index (χ3v) is 3.71. The second-order valence-electron chi connectivity index (χ2n) is 5.03. The van der Waals surface area contributed by atoms with Gasteiger partial charge in [0.1, 0.15) is 5.60 Å². The molecular weight excluding hydrogens is 256 g/mol. The zero-order chi connectivity index (χ0) is 13.9. The fourth-order valence-corrected chi connectivity index (χ4v) is 2.35. The Hall–Kier alpha value is -1.31. The summed E-state index contributed by atoms with van der Waals surface area (Å²) in [6.45, 7) is 3.98. The maximum absolute atomic E-state index is 10.7. The molecule has 0 amide bonds. The third kappa shape index (κ3) is 3.17. The molecule has 0 aliphatic rings. The van der Waals surface area contributed by atoms with Crippen molar-refractivity contribution in [2.24, 2.45) is 0 Å². The van der Waals surface area contributed by atoms with E-state index < -0.39 is 5.60 Å². The lowest BCUT2D eigenvalue weighted by Gasteiger charge is -2.25. The monoisotopic (exact) mass is 274 g/mol. The van der Waals surface area contributed by atoms with Crippen molar-refractivity contribution < 1.29 is 5.11 Å². The van der Waals surface area contributed by atoms with Gasteiger partial charge in [0.15, 0.2) is 0 Å². The van der Waals surface area contributed by atoms with Crippen LogP contribution in [0, 0.1) is 0 Å². The molecule has 0 saturated carbocycles. The Balaban J connectivity index is 2.30. The van der Waals surface area contributed by atoms with E-state index in [-0.39, 0.29) is 0 Å². The smallest absolute Gasteiger partial charge is 0.112 e. The minimum Gasteiger partial charge on any atom is -0.381 e. The molecule has 19 heavy (non-hydrogen) atoms. The van der Waals surface area contributed by atoms with Gasteiger partial charge >= 0.3 is 0 Å². The maximum atomic E-state index is 10.7. The maximum Gasteiger partial charge on any atom is 0.112 e. The molecule has 1 atom stereocenters. The van der Waals surface area contributed by atoms with Crippen LogP contribution >= 0.6 is 11.6 Å². The summed E-state index contributed by atoms with van der Waals surface area (Å²) in [7, 11) is 0. The largest absolute Gasteiger partial charge is 0.381 e. The van der Waals surface area contributed by atoms with Crippen molar-refractivity contribution in [3.05, 3.63) is 70.2 Å². The molecule has 0 saturated heterocycles. The average Bonchev–Trinajstić information content (AvgIpc) is 2.40. The number of hydrogen-bond acceptors (Lipinski definition) is 1. The highest BCUT2D eigenvalue weighted by atomic mass is 35.5. The van der Waals surface area contributed by atoms with E-state index in [1.165, 1.54) is 5.56 Å². The number of halogens is 1. The van der Waals surface area contributed by atoms with E-state index in [1.54, 1.807) is 12.1 Å². The Labute approximate surface area is 119 Å². The van der Waals surface area contributed by atoms with Gasteiger partial charge in [-0.2, -0.15) is 0 Å². The first-order chi connectivity index (χ1) is 9.04. The molecule has 0 aromatic heterocycles. The van der Waals surface area contributed by atoms with Gasteiger partial charge < -0.3 is 5.11 Å². The molecule has 0 aliphatic heterocycles. The van der Waals surface area contributed by atoms with E-state index in [0.717, 1.165) is 24.0 Å². The summed E-state index contributed by atoms with van der Waals surface area (Å²) >= 11 is 5.88. The first-order valence-electron chi connectivity index (χ1n) is 6.62. The van der Waals surface area contributed by atoms with Crippen LogP contribution in [0.4, 0.5) is 0 Å². The van der Waals surface area contributed by atoms with Gasteiger partial charge in [-0.1, -0.05) is 61.3 Å². The van der Waals surface area contributed by atoms with Crippen LogP contribution in [-0.4, -0.2) is 5.11 Å². The van der Waals surface area contributed by atoms with Crippen molar-refractivity contribution in [1.82, 2.24) is 0 Å². The number of aliphatic hydroxyl groups is 1. The molecule has 100 valence electrons. The number of benzene rings is 2. The Morgan fingerprint density at radius 3 is 1.89 bits per heavy atom. The molecule has 0 fully saturated rings. The molecule has 1 unspecified atom stereocenters. The molecule has 0 radical (unpaired) electrons. The van der Waals surface area contributed by atoms with Crippen LogP contribution in [0.2, 0.25) is 5.02 Å². The third-order valence-electron chi connectivity index (χ3n) is 3.46. The van der Waals surface area contributed by atoms with Gasteiger partial charge in [0.25, 0.3) is 0 Å². The van der Waals surface area contributed by atoms with Crippen LogP contribution in [-0.2, 0) is 12.0 Å². The van der Waals surface area contributed by atoms with Crippen LogP contribution < -0.4 is 0 Å². The molecule has 2 heteroatoms. The summed E-state index contributed by atoms with van der Waals surface area (Å²) in [6, 6.07) is 15.5. The quantitative estimate of drug-likeness (QED) is 0.867. The van der Waals surface area contributed by atoms with Crippen LogP contribution in [0.1, 0.15) is 37.0 Å². The molecule has 1 N–H and O–H groups in total. The van der Waals surface area contributed by atoms with Crippen molar-refractivity contribution in [1.29, 1.82) is 0 Å². The highest BCUT2D eigenvalue weighted by molar-refractivity contribution is 6.30. The van der Waals surface area contributed by atoms with Crippen molar-refractivity contribution in [2.45, 2.75) is 32.3 Å². The van der Waals surface area contributed by atoms with E-state index in [1.807, 2.05) is 31.2 Å². The Kier molecular flexibility index (Phi) is 4.28. The Morgan fingerprint density at radius 1 is 0.947 bits per heavy atom. The normalized spacial score (nSPS) is 14.1. The molecule has 2 aromatic carbocycles. The highest BCUT2D eigenvalue weighted by Gasteiger charge is 2.25. The lowest BCUT2D eigenvalue weighted by Crippen LogP contribution is -2.22. The predicted octanol–water partition coefficient (Wildman–Crippen LogP) is 4.55. The van der Waals surface area contributed by atoms with Gasteiger partial charge in [0.05, 0.1) is 0 Å². The van der Waals surface area contributed by atoms with E-state index >= 15 is 0 Å². The molecule has 0 aliphatic carbocycles. The topological polar surface area (TPSA) is 20.2 Å². The zero-order valence-electron chi connectivity index (χ0n) is 11.4. The first-order valence-corrected chi connectivity index (χ1v) is 6.99. The first kappa shape index (κ1) is 14.1. The van der Waals surface area contributed by atoms with Crippen LogP contribution in [0.5, 0.6) is 0 Å². The van der Waals surface area contributed by atoms with E-state index in [0.29, 0.717) is 5.02 Å². The molecule has 0 heterocycles. The van der Waals surface area contributed by atoms with Crippen molar-refractivity contribution in [3.63, 3.8) is 0 Å². The summed E-state index contributed by atoms with van der Waals surface area (Å²) in [4.78, 5) is 0. The van der Waals surface area contributed by atoms with E-state index in [4.69, 9.17) is 11.6 Å². The fraction of sp³-hybridized carbons (Fsp3) is 0.294. The SMILES string of the molecule is CCCc1ccc(C(C)(O)c2ccc(Cl)cc2)cc1. The summed E-state index contributed by atoms with van der Waals surface area (Å²) in [6.07, 6.45) is 2.20. The minimum atomic E-state index is -0.991. The Morgan fingerprint density at radius 2 is 1.42 bits per heavy atom. The van der Waals surface area contributed by atoms with Gasteiger partial charge in [0, 0.05) is 5.02 Å². The molecule has 2 aromatic rings. The summed E-state index contributed by atoms with van der Waals surface area (Å²) in [5.41, 5.74) is 2.06. The molecule has 2 rings (SSSR count). The number of aryl methyl sites for hydroxylation is 1. The molecule has 1 nitrogen and oxygen atoms in total. The predicted molar refractivity (Wildman–Crippen MR) is 80.6 cm³/mol. The molecular formula is C17H19ClO. The Bertz CT molecular complexity index is 526. The van der Waals surface area contributed by atoms with Gasteiger partial charge in [-0.3, -0.25) is 0 Å². The summed E-state index contributed by atoms with van der Waals surface area (Å²) < 4.78 is 0. The zero-order valence-corrected chi connectivity index (χ0v) is 12.1. The number of rotatable bonds is 4. The van der Waals surface area contributed by atoms with Crippen LogP contribution in [0.3, 0.4) is 0 Å². The summed E-state index contributed by atoms with van der Waals surface area (Å²) in [5, 5.41) is 11.4. The molecule has 0 spiro atoms. The average molecular weight is 275 g/mol. The van der Waals surface area contributed by atoms with Crippen LogP contribution in [0.25, 0.3) is 0 Å². The molecule has 0 bridgehead atoms. The van der Waals surface area contributed by atoms with E-state index in [2.05, 4.69) is 19.1 Å². The summed E-state index contributed by atoms with van der Waals surface area (Å²) in [5.74, 6) is 0. The number of hydrogen-bond donors (Lipinski definition) is 1. The second-order valence-corrected chi connectivity index (χ2v) is 5.46. The fourth-order valence-electron chi connectivity index (χ4n) is 2.23. The van der Waals surface area contributed by atoms with Crippen molar-refractivity contribution >= 4 is 11.6 Å². The highest BCUT2D eigenvalue weighted by Crippen LogP contribution is 2.30. The van der Waals surface area contributed by atoms with E-state index in [9.17, 15) is 5.11 Å².